The van der Waals surface area contributed by atoms with Crippen molar-refractivity contribution in [1.29, 1.82) is 5.26 Å². The fourth-order valence-corrected chi connectivity index (χ4v) is 3.91. The summed E-state index contributed by atoms with van der Waals surface area (Å²) < 4.78 is 27.6. The van der Waals surface area contributed by atoms with Gasteiger partial charge in [0.15, 0.2) is 0 Å². The average Bonchev–Trinajstić information content (AvgIpc) is 2.82. The van der Waals surface area contributed by atoms with Gasteiger partial charge in [-0.25, -0.2) is 18.6 Å². The number of rotatable bonds is 6. The number of pyridine rings is 1. The van der Waals surface area contributed by atoms with E-state index in [1.54, 1.807) is 13.0 Å². The Kier molecular flexibility index (Phi) is 6.50. The van der Waals surface area contributed by atoms with Crippen molar-refractivity contribution in [2.75, 3.05) is 5.32 Å². The number of benzene rings is 2. The molecular formula is C25H21F2N5O2. The molecule has 7 nitrogen and oxygen atoms in total. The number of carbonyl (C=O) groups excluding carboxylic acids is 2. The number of urea groups is 1. The van der Waals surface area contributed by atoms with Crippen LogP contribution in [0, 0.1) is 23.0 Å². The van der Waals surface area contributed by atoms with E-state index in [4.69, 9.17) is 0 Å². The molecule has 2 heterocycles. The molecule has 3 aromatic rings. The van der Waals surface area contributed by atoms with Crippen LogP contribution in [0.5, 0.6) is 0 Å². The molecule has 34 heavy (non-hydrogen) atoms. The third-order valence-corrected chi connectivity index (χ3v) is 5.66. The van der Waals surface area contributed by atoms with Crippen molar-refractivity contribution >= 4 is 17.8 Å². The van der Waals surface area contributed by atoms with Gasteiger partial charge >= 0.3 is 6.03 Å². The molecule has 0 saturated carbocycles. The van der Waals surface area contributed by atoms with Crippen LogP contribution in [0.4, 0.5) is 19.4 Å². The van der Waals surface area contributed by atoms with Gasteiger partial charge < -0.3 is 10.2 Å². The largest absolute Gasteiger partial charge is 0.348 e. The zero-order valence-electron chi connectivity index (χ0n) is 18.3. The van der Waals surface area contributed by atoms with Crippen LogP contribution in [0.1, 0.15) is 35.2 Å². The van der Waals surface area contributed by atoms with Crippen molar-refractivity contribution in [3.05, 3.63) is 94.7 Å². The SMILES string of the molecule is C[C@H](NC(=O)[C@@H](Cc1ccccc1)N1Cc2cc(C#N)cnc2NC1=O)c1ccc(F)cc1F. The lowest BCUT2D eigenvalue weighted by molar-refractivity contribution is -0.126. The second-order valence-electron chi connectivity index (χ2n) is 8.00. The predicted molar refractivity (Wildman–Crippen MR) is 120 cm³/mol. The molecule has 0 aliphatic carbocycles. The van der Waals surface area contributed by atoms with E-state index < -0.39 is 35.7 Å². The summed E-state index contributed by atoms with van der Waals surface area (Å²) in [5.74, 6) is -1.65. The first-order chi connectivity index (χ1) is 16.4. The fraction of sp³-hybridized carbons (Fsp3) is 0.200. The smallest absolute Gasteiger partial charge is 0.324 e. The number of hydrogen-bond acceptors (Lipinski definition) is 4. The molecule has 3 amide bonds. The van der Waals surface area contributed by atoms with Crippen LogP contribution < -0.4 is 10.6 Å². The maximum atomic E-state index is 14.3. The van der Waals surface area contributed by atoms with Gasteiger partial charge in [-0.3, -0.25) is 10.1 Å². The summed E-state index contributed by atoms with van der Waals surface area (Å²) >= 11 is 0. The monoisotopic (exact) mass is 461 g/mol. The summed E-state index contributed by atoms with van der Waals surface area (Å²) in [5, 5.41) is 14.6. The molecule has 172 valence electrons. The molecule has 0 spiro atoms. The molecule has 1 aromatic heterocycles. The van der Waals surface area contributed by atoms with Gasteiger partial charge in [0.2, 0.25) is 5.91 Å². The number of hydrogen-bond donors (Lipinski definition) is 2. The summed E-state index contributed by atoms with van der Waals surface area (Å²) in [6.07, 6.45) is 1.57. The minimum Gasteiger partial charge on any atom is -0.348 e. The van der Waals surface area contributed by atoms with Gasteiger partial charge in [-0.05, 0) is 24.6 Å². The molecule has 2 N–H and O–H groups in total. The van der Waals surface area contributed by atoms with Crippen molar-refractivity contribution < 1.29 is 18.4 Å². The van der Waals surface area contributed by atoms with Crippen LogP contribution in [0.25, 0.3) is 0 Å². The highest BCUT2D eigenvalue weighted by atomic mass is 19.1. The summed E-state index contributed by atoms with van der Waals surface area (Å²) in [6, 6.07) is 13.8. The fourth-order valence-electron chi connectivity index (χ4n) is 3.91. The quantitative estimate of drug-likeness (QED) is 0.578. The summed E-state index contributed by atoms with van der Waals surface area (Å²) in [4.78, 5) is 31.8. The molecular weight excluding hydrogens is 440 g/mol. The van der Waals surface area contributed by atoms with Gasteiger partial charge in [0.25, 0.3) is 0 Å². The molecule has 2 atom stereocenters. The molecule has 0 unspecified atom stereocenters. The van der Waals surface area contributed by atoms with Crippen LogP contribution in [-0.2, 0) is 17.8 Å². The zero-order chi connectivity index (χ0) is 24.2. The van der Waals surface area contributed by atoms with E-state index in [0.717, 1.165) is 17.7 Å². The lowest BCUT2D eigenvalue weighted by atomic mass is 10.0. The molecule has 9 heteroatoms. The van der Waals surface area contributed by atoms with E-state index in [2.05, 4.69) is 15.6 Å². The van der Waals surface area contributed by atoms with Gasteiger partial charge in [0.05, 0.1) is 18.2 Å². The van der Waals surface area contributed by atoms with Crippen molar-refractivity contribution in [2.45, 2.75) is 32.0 Å². The normalized spacial score (nSPS) is 14.4. The van der Waals surface area contributed by atoms with E-state index in [0.29, 0.717) is 16.9 Å². The van der Waals surface area contributed by atoms with Gasteiger partial charge in [0, 0.05) is 29.8 Å². The number of aromatic nitrogens is 1. The Labute approximate surface area is 195 Å². The van der Waals surface area contributed by atoms with Gasteiger partial charge in [-0.1, -0.05) is 36.4 Å². The van der Waals surface area contributed by atoms with Crippen molar-refractivity contribution in [2.24, 2.45) is 0 Å². The van der Waals surface area contributed by atoms with Crippen LogP contribution in [0.2, 0.25) is 0 Å². The molecule has 1 aliphatic rings. The van der Waals surface area contributed by atoms with Crippen molar-refractivity contribution in [3.63, 3.8) is 0 Å². The van der Waals surface area contributed by atoms with Crippen LogP contribution >= 0.6 is 0 Å². The molecule has 0 fully saturated rings. The number of nitrogens with one attached hydrogen (secondary N) is 2. The molecule has 0 saturated heterocycles. The highest BCUT2D eigenvalue weighted by molar-refractivity contribution is 5.95. The Bertz CT molecular complexity index is 1280. The van der Waals surface area contributed by atoms with E-state index in [1.807, 2.05) is 36.4 Å². The first-order valence-electron chi connectivity index (χ1n) is 10.6. The standard InChI is InChI=1S/C25H21F2N5O2/c1-15(20-8-7-19(26)11-21(20)27)30-24(33)22(10-16-5-3-2-4-6-16)32-14-18-9-17(12-28)13-29-23(18)31-25(32)34/h2-9,11,13,15,22H,10,14H2,1H3,(H,30,33)(H,29,31,34)/t15-,22+/m0/s1. The number of anilines is 1. The summed E-state index contributed by atoms with van der Waals surface area (Å²) in [7, 11) is 0. The second kappa shape index (κ2) is 9.67. The first kappa shape index (κ1) is 22.9. The van der Waals surface area contributed by atoms with E-state index in [-0.39, 0.29) is 18.5 Å². The van der Waals surface area contributed by atoms with Gasteiger partial charge in [-0.15, -0.1) is 0 Å². The molecule has 2 aromatic carbocycles. The number of fused-ring (bicyclic) bond motifs is 1. The number of nitriles is 1. The Morgan fingerprint density at radius 1 is 1.24 bits per heavy atom. The zero-order valence-corrected chi connectivity index (χ0v) is 18.3. The second-order valence-corrected chi connectivity index (χ2v) is 8.00. The topological polar surface area (TPSA) is 98.1 Å². The third-order valence-electron chi connectivity index (χ3n) is 5.66. The summed E-state index contributed by atoms with van der Waals surface area (Å²) in [5.41, 5.74) is 1.89. The minimum atomic E-state index is -0.938. The van der Waals surface area contributed by atoms with Gasteiger partial charge in [0.1, 0.15) is 29.6 Å². The highest BCUT2D eigenvalue weighted by Crippen LogP contribution is 2.26. The number of halogens is 2. The highest BCUT2D eigenvalue weighted by Gasteiger charge is 2.35. The molecule has 0 radical (unpaired) electrons. The van der Waals surface area contributed by atoms with Gasteiger partial charge in [-0.2, -0.15) is 5.26 Å². The molecule has 4 rings (SSSR count). The van der Waals surface area contributed by atoms with Crippen LogP contribution in [0.15, 0.2) is 60.8 Å². The van der Waals surface area contributed by atoms with E-state index in [1.165, 1.54) is 17.2 Å². The molecule has 0 bridgehead atoms. The van der Waals surface area contributed by atoms with Crippen LogP contribution in [-0.4, -0.2) is 27.9 Å². The van der Waals surface area contributed by atoms with Crippen molar-refractivity contribution in [1.82, 2.24) is 15.2 Å². The number of amides is 3. The Hall–Kier alpha value is -4.32. The molecule has 1 aliphatic heterocycles. The lowest BCUT2D eigenvalue weighted by Gasteiger charge is -2.35. The van der Waals surface area contributed by atoms with Crippen LogP contribution in [0.3, 0.4) is 0 Å². The average molecular weight is 461 g/mol. The Balaban J connectivity index is 1.63. The summed E-state index contributed by atoms with van der Waals surface area (Å²) in [6.45, 7) is 1.65. The predicted octanol–water partition coefficient (Wildman–Crippen LogP) is 4.07. The lowest BCUT2D eigenvalue weighted by Crippen LogP contribution is -2.53. The minimum absolute atomic E-state index is 0.0634. The maximum absolute atomic E-state index is 14.3. The Morgan fingerprint density at radius 2 is 2.00 bits per heavy atom. The first-order valence-corrected chi connectivity index (χ1v) is 10.6. The van der Waals surface area contributed by atoms with E-state index in [9.17, 15) is 23.6 Å². The number of carbonyl (C=O) groups is 2. The third kappa shape index (κ3) is 4.86. The van der Waals surface area contributed by atoms with Crippen molar-refractivity contribution in [3.8, 4) is 6.07 Å². The number of nitrogens with zero attached hydrogens (tertiary/aromatic N) is 3. The Morgan fingerprint density at radius 3 is 2.71 bits per heavy atom. The van der Waals surface area contributed by atoms with E-state index >= 15 is 0 Å². The maximum Gasteiger partial charge on any atom is 0.324 e.